The van der Waals surface area contributed by atoms with Gasteiger partial charge in [0.2, 0.25) is 0 Å². The summed E-state index contributed by atoms with van der Waals surface area (Å²) in [6, 6.07) is 186. The zero-order valence-electron chi connectivity index (χ0n) is 77.4. The summed E-state index contributed by atoms with van der Waals surface area (Å²) in [5, 5.41) is 27.3. The molecule has 7 heterocycles. The number of nitrogens with zero attached hydrogens (tertiary/aromatic N) is 6. The molecule has 662 valence electrons. The molecule has 24 aromatic carbocycles. The Morgan fingerprint density at radius 1 is 0.119 bits per heavy atom. The van der Waals surface area contributed by atoms with Crippen LogP contribution in [0.5, 0.6) is 0 Å². The number of fused-ring (bicyclic) bond motifs is 29. The van der Waals surface area contributed by atoms with E-state index in [2.05, 4.69) is 525 Å². The van der Waals surface area contributed by atoms with Crippen LogP contribution in [0.15, 0.2) is 497 Å². The lowest BCUT2D eigenvalue weighted by Crippen LogP contribution is -1.95. The molecule has 0 saturated carbocycles. The van der Waals surface area contributed by atoms with E-state index < -0.39 is 0 Å². The van der Waals surface area contributed by atoms with Crippen molar-refractivity contribution in [2.75, 3.05) is 0 Å². The molecule has 31 rings (SSSR count). The topological polar surface area (TPSA) is 29.6 Å². The Balaban J connectivity index is 0.464. The predicted molar refractivity (Wildman–Crippen MR) is 608 cm³/mol. The smallest absolute Gasteiger partial charge is 0.0625 e. The van der Waals surface area contributed by atoms with Crippen molar-refractivity contribution in [3.05, 3.63) is 497 Å². The molecule has 0 aliphatic heterocycles. The van der Waals surface area contributed by atoms with Crippen LogP contribution in [0.1, 0.15) is 0 Å². The van der Waals surface area contributed by atoms with Crippen molar-refractivity contribution >= 4 is 205 Å². The molecule has 0 amide bonds. The molecule has 0 bridgehead atoms. The van der Waals surface area contributed by atoms with E-state index >= 15 is 0 Å². The first-order chi connectivity index (χ1) is 70.9. The Morgan fingerprint density at radius 3 is 0.923 bits per heavy atom. The fourth-order valence-electron chi connectivity index (χ4n) is 24.3. The molecule has 31 aromatic rings. The number of thiophene rings is 1. The van der Waals surface area contributed by atoms with Crippen LogP contribution in [0.4, 0.5) is 0 Å². The summed E-state index contributed by atoms with van der Waals surface area (Å²) in [6.45, 7) is 0. The second-order valence-corrected chi connectivity index (χ2v) is 39.6. The largest absolute Gasteiger partial charge is 0.309 e. The van der Waals surface area contributed by atoms with E-state index in [1.165, 1.54) is 211 Å². The van der Waals surface area contributed by atoms with E-state index in [9.17, 15) is 0 Å². The summed E-state index contributed by atoms with van der Waals surface area (Å²) in [4.78, 5) is 0. The third-order valence-electron chi connectivity index (χ3n) is 30.9. The lowest BCUT2D eigenvalue weighted by molar-refractivity contribution is 1.18. The van der Waals surface area contributed by atoms with Gasteiger partial charge in [-0.3, -0.25) is 0 Å². The zero-order chi connectivity index (χ0) is 93.3. The molecule has 7 aromatic heterocycles. The van der Waals surface area contributed by atoms with Crippen molar-refractivity contribution in [2.24, 2.45) is 0 Å². The molecular weight excluding hydrogens is 1750 g/mol. The molecule has 0 fully saturated rings. The second kappa shape index (κ2) is 30.9. The molecule has 0 unspecified atom stereocenters. The number of benzene rings is 24. The fourth-order valence-corrected chi connectivity index (χ4v) is 25.5. The first-order valence-electron chi connectivity index (χ1n) is 49.3. The maximum atomic E-state index is 2.52. The average molecular weight is 1830 g/mol. The van der Waals surface area contributed by atoms with Gasteiger partial charge in [-0.1, -0.05) is 303 Å². The Hall–Kier alpha value is -18.7. The van der Waals surface area contributed by atoms with E-state index in [-0.39, 0.29) is 0 Å². The second-order valence-electron chi connectivity index (χ2n) is 38.6. The highest BCUT2D eigenvalue weighted by Crippen LogP contribution is 2.50. The third-order valence-corrected chi connectivity index (χ3v) is 32.1. The lowest BCUT2D eigenvalue weighted by atomic mass is 9.95. The van der Waals surface area contributed by atoms with Gasteiger partial charge in [0, 0.05) is 124 Å². The van der Waals surface area contributed by atoms with Gasteiger partial charge in [0.15, 0.2) is 0 Å². The number of rotatable bonds is 12. The van der Waals surface area contributed by atoms with Gasteiger partial charge in [-0.15, -0.1) is 11.3 Å². The summed E-state index contributed by atoms with van der Waals surface area (Å²) in [6.07, 6.45) is 0. The number of hydrogen-bond acceptors (Lipinski definition) is 1. The van der Waals surface area contributed by atoms with E-state index in [4.69, 9.17) is 0 Å². The Bertz CT molecular complexity index is 10800. The van der Waals surface area contributed by atoms with Crippen molar-refractivity contribution < 1.29 is 0 Å². The van der Waals surface area contributed by atoms with Crippen LogP contribution in [-0.2, 0) is 0 Å². The zero-order valence-corrected chi connectivity index (χ0v) is 78.3. The van der Waals surface area contributed by atoms with Crippen molar-refractivity contribution in [3.63, 3.8) is 0 Å². The van der Waals surface area contributed by atoms with Gasteiger partial charge in [-0.05, 0) is 299 Å². The van der Waals surface area contributed by atoms with Gasteiger partial charge in [0.1, 0.15) is 0 Å². The van der Waals surface area contributed by atoms with Crippen LogP contribution in [0.2, 0.25) is 0 Å². The molecular formula is C136H82N6S. The summed E-state index contributed by atoms with van der Waals surface area (Å²) in [7, 11) is 0. The lowest BCUT2D eigenvalue weighted by Gasteiger charge is -2.13. The molecule has 143 heavy (non-hydrogen) atoms. The van der Waals surface area contributed by atoms with Gasteiger partial charge in [-0.2, -0.15) is 0 Å². The molecule has 0 aliphatic carbocycles. The predicted octanol–water partition coefficient (Wildman–Crippen LogP) is 37.3. The fraction of sp³-hybridized carbons (Fsp3) is 0. The third kappa shape index (κ3) is 12.1. The van der Waals surface area contributed by atoms with Crippen molar-refractivity contribution in [3.8, 4) is 101 Å². The molecule has 0 aliphatic rings. The first kappa shape index (κ1) is 79.4. The Kier molecular flexibility index (Phi) is 17.2. The Morgan fingerprint density at radius 2 is 0.413 bits per heavy atom. The van der Waals surface area contributed by atoms with Crippen molar-refractivity contribution in [2.45, 2.75) is 0 Å². The molecule has 0 spiro atoms. The van der Waals surface area contributed by atoms with Gasteiger partial charge in [0.25, 0.3) is 0 Å². The van der Waals surface area contributed by atoms with E-state index in [0.29, 0.717) is 0 Å². The number of aromatic nitrogens is 6. The maximum absolute atomic E-state index is 2.52. The SMILES string of the molecule is c1ccc(-c2ccc3c(c2)c2cc(-c4ccc5c(c4)c4c6ccccc6ccc4n5-c4ccccc4)ccc2n3-c2ccc(-c3ccc(-n4c5ccc(-c6ccc7c(c6)c6c8ccccc8c8ccccc8c6n7-c6ccc(-c7ccc(-n8c9ccccc9c9cc(-c%10ccc%11c(c%10)c%10ccccc%10n%11-c%10ccc%11c(c%10)sc%10ccccc%10%11)ccc98)cc7)cc6)cc5c5cc6ccccc6cc54)cc3)cc2)cc1. The highest BCUT2D eigenvalue weighted by molar-refractivity contribution is 7.25. The minimum Gasteiger partial charge on any atom is -0.309 e. The molecule has 7 heteroatoms. The molecule has 0 N–H and O–H groups in total. The summed E-state index contributed by atoms with van der Waals surface area (Å²) in [5.41, 5.74) is 35.0. The summed E-state index contributed by atoms with van der Waals surface area (Å²) >= 11 is 1.87. The minimum atomic E-state index is 1.11. The van der Waals surface area contributed by atoms with Crippen molar-refractivity contribution in [1.82, 2.24) is 27.4 Å². The minimum absolute atomic E-state index is 1.11. The van der Waals surface area contributed by atoms with Crippen LogP contribution in [0.3, 0.4) is 0 Å². The van der Waals surface area contributed by atoms with E-state index in [0.717, 1.165) is 83.9 Å². The van der Waals surface area contributed by atoms with Gasteiger partial charge in [-0.25, -0.2) is 0 Å². The molecule has 0 atom stereocenters. The summed E-state index contributed by atoms with van der Waals surface area (Å²) < 4.78 is 17.4. The van der Waals surface area contributed by atoms with Crippen LogP contribution in [0.25, 0.3) is 295 Å². The normalized spacial score (nSPS) is 12.2. The molecule has 0 radical (unpaired) electrons. The average Bonchev–Trinajstić information content (AvgIpc) is 1.55. The number of para-hydroxylation sites is 3. The van der Waals surface area contributed by atoms with Crippen LogP contribution in [-0.4, -0.2) is 27.4 Å². The van der Waals surface area contributed by atoms with E-state index in [1.54, 1.807) is 0 Å². The first-order valence-corrected chi connectivity index (χ1v) is 50.1. The highest BCUT2D eigenvalue weighted by atomic mass is 32.1. The standard InChI is InChI=1S/C136H82N6S/c1-3-21-83(22-4-1)91-48-65-125-115(74-91)116-77-94(96-53-70-128-119(79-96)134-104-28-10-9-23-88(104)47-72-130(134)139(128)98-26-5-2-6-27-98)51-68-126(116)138(125)100-57-41-84(42-58-100)86-43-59-101(60-44-86)140-127-69-52-95(78-117(127)118-73-89-24-7-8-25-90(89)81-131(118)140)97-54-71-129-120(80-97)135-111-34-13-11-29-105(111)106-30-12-14-35-112(106)136(135)142(129)102-61-45-87(46-62-102)85-39-55-99(56-40-85)137-121-36-18-15-31-107(121)113-75-92(49-66-123(113)137)93-50-67-124-114(76-93)108-32-16-19-37-122(108)141(124)103-63-64-110-109-33-17-20-38-132(109)143-133(110)82-103/h1-82H. The van der Waals surface area contributed by atoms with Gasteiger partial charge >= 0.3 is 0 Å². The van der Waals surface area contributed by atoms with Gasteiger partial charge < -0.3 is 27.4 Å². The van der Waals surface area contributed by atoms with Crippen LogP contribution >= 0.6 is 11.3 Å². The molecule has 0 saturated heterocycles. The van der Waals surface area contributed by atoms with Crippen LogP contribution < -0.4 is 0 Å². The highest BCUT2D eigenvalue weighted by Gasteiger charge is 2.27. The van der Waals surface area contributed by atoms with Crippen LogP contribution in [0, 0.1) is 0 Å². The van der Waals surface area contributed by atoms with E-state index in [1.807, 2.05) is 11.3 Å². The monoisotopic (exact) mass is 1830 g/mol. The molecule has 6 nitrogen and oxygen atoms in total. The quantitative estimate of drug-likeness (QED) is 0.109. The maximum Gasteiger partial charge on any atom is 0.0625 e. The van der Waals surface area contributed by atoms with Crippen molar-refractivity contribution in [1.29, 1.82) is 0 Å². The summed E-state index contributed by atoms with van der Waals surface area (Å²) in [5.74, 6) is 0. The Labute approximate surface area is 825 Å². The van der Waals surface area contributed by atoms with Gasteiger partial charge in [0.05, 0.1) is 66.2 Å². The number of hydrogen-bond donors (Lipinski definition) is 0.